The van der Waals surface area contributed by atoms with Crippen LogP contribution < -0.4 is 0 Å². The zero-order valence-corrected chi connectivity index (χ0v) is 9.80. The summed E-state index contributed by atoms with van der Waals surface area (Å²) in [6.07, 6.45) is 1.74. The van der Waals surface area contributed by atoms with E-state index in [0.29, 0.717) is 6.54 Å². The van der Waals surface area contributed by atoms with E-state index in [1.165, 1.54) is 0 Å². The fourth-order valence-corrected chi connectivity index (χ4v) is 0.349. The minimum absolute atomic E-state index is 0.698. The van der Waals surface area contributed by atoms with Crippen LogP contribution in [0, 0.1) is 0 Å². The minimum Gasteiger partial charge on any atom is -0.299 e. The molecule has 0 atom stereocenters. The highest BCUT2D eigenvalue weighted by Crippen LogP contribution is 1.79. The summed E-state index contributed by atoms with van der Waals surface area (Å²) in [6, 6.07) is 0. The van der Waals surface area contributed by atoms with E-state index in [1.54, 1.807) is 6.21 Å². The predicted molar refractivity (Wildman–Crippen MR) is 65.3 cm³/mol. The van der Waals surface area contributed by atoms with Gasteiger partial charge < -0.3 is 0 Å². The van der Waals surface area contributed by atoms with E-state index < -0.39 is 0 Å². The number of aliphatic imine (C=N–C) groups is 2. The Bertz CT molecular complexity index is 126. The van der Waals surface area contributed by atoms with Crippen molar-refractivity contribution >= 4 is 12.9 Å². The molecule has 0 amide bonds. The SMILES string of the molecule is C=NCCN=CC(=C)C.CC.CC. The second-order valence-electron chi connectivity index (χ2n) is 1.83. The van der Waals surface area contributed by atoms with Gasteiger partial charge in [0, 0.05) is 6.21 Å². The molecular formula is C11H24N2. The topological polar surface area (TPSA) is 24.7 Å². The van der Waals surface area contributed by atoms with E-state index in [2.05, 4.69) is 23.3 Å². The molecule has 2 heteroatoms. The predicted octanol–water partition coefficient (Wildman–Crippen LogP) is 3.39. The van der Waals surface area contributed by atoms with Gasteiger partial charge in [-0.05, 0) is 19.2 Å². The largest absolute Gasteiger partial charge is 0.299 e. The van der Waals surface area contributed by atoms with Crippen LogP contribution in [0.4, 0.5) is 0 Å². The summed E-state index contributed by atoms with van der Waals surface area (Å²) in [5.41, 5.74) is 0.971. The smallest absolute Gasteiger partial charge is 0.0585 e. The summed E-state index contributed by atoms with van der Waals surface area (Å²) >= 11 is 0. The van der Waals surface area contributed by atoms with Gasteiger partial charge in [-0.2, -0.15) is 0 Å². The second kappa shape index (κ2) is 22.5. The number of hydrogen-bond donors (Lipinski definition) is 0. The van der Waals surface area contributed by atoms with Crippen LogP contribution in [0.2, 0.25) is 0 Å². The molecule has 0 saturated heterocycles. The molecule has 0 rings (SSSR count). The summed E-state index contributed by atoms with van der Waals surface area (Å²) in [7, 11) is 0. The summed E-state index contributed by atoms with van der Waals surface area (Å²) < 4.78 is 0. The Morgan fingerprint density at radius 1 is 1.15 bits per heavy atom. The zero-order chi connectivity index (χ0) is 11.1. The lowest BCUT2D eigenvalue weighted by atomic mass is 10.4. The normalized spacial score (nSPS) is 7.77. The molecule has 0 fully saturated rings. The van der Waals surface area contributed by atoms with E-state index in [-0.39, 0.29) is 0 Å². The Morgan fingerprint density at radius 2 is 1.62 bits per heavy atom. The first-order valence-corrected chi connectivity index (χ1v) is 4.85. The average Bonchev–Trinajstić information content (AvgIpc) is 2.19. The molecule has 0 heterocycles. The minimum atomic E-state index is 0.698. The van der Waals surface area contributed by atoms with E-state index in [0.717, 1.165) is 12.1 Å². The molecule has 0 radical (unpaired) electrons. The second-order valence-corrected chi connectivity index (χ2v) is 1.83. The highest BCUT2D eigenvalue weighted by atomic mass is 14.8. The van der Waals surface area contributed by atoms with E-state index >= 15 is 0 Å². The van der Waals surface area contributed by atoms with Crippen molar-refractivity contribution in [2.75, 3.05) is 13.1 Å². The molecule has 0 spiro atoms. The lowest BCUT2D eigenvalue weighted by molar-refractivity contribution is 0.988. The van der Waals surface area contributed by atoms with Crippen molar-refractivity contribution in [3.8, 4) is 0 Å². The first-order valence-electron chi connectivity index (χ1n) is 4.85. The van der Waals surface area contributed by atoms with E-state index in [4.69, 9.17) is 0 Å². The Hall–Kier alpha value is -0.920. The summed E-state index contributed by atoms with van der Waals surface area (Å²) in [5.74, 6) is 0. The lowest BCUT2D eigenvalue weighted by Crippen LogP contribution is -1.85. The van der Waals surface area contributed by atoms with Crippen LogP contribution in [0.3, 0.4) is 0 Å². The molecule has 78 valence electrons. The molecule has 0 bridgehead atoms. The van der Waals surface area contributed by atoms with E-state index in [1.807, 2.05) is 34.6 Å². The van der Waals surface area contributed by atoms with Crippen molar-refractivity contribution in [3.63, 3.8) is 0 Å². The van der Waals surface area contributed by atoms with Crippen molar-refractivity contribution < 1.29 is 0 Å². The molecule has 0 unspecified atom stereocenters. The van der Waals surface area contributed by atoms with Crippen LogP contribution in [0.15, 0.2) is 22.1 Å². The molecule has 0 aliphatic heterocycles. The molecule has 0 N–H and O–H groups in total. The number of hydrogen-bond acceptors (Lipinski definition) is 2. The maximum atomic E-state index is 4.00. The van der Waals surface area contributed by atoms with Crippen LogP contribution in [0.1, 0.15) is 34.6 Å². The van der Waals surface area contributed by atoms with Gasteiger partial charge in [0.15, 0.2) is 0 Å². The molecule has 2 nitrogen and oxygen atoms in total. The van der Waals surface area contributed by atoms with Gasteiger partial charge in [0.2, 0.25) is 0 Å². The van der Waals surface area contributed by atoms with Gasteiger partial charge in [-0.3, -0.25) is 9.98 Å². The van der Waals surface area contributed by atoms with Crippen LogP contribution in [0.25, 0.3) is 0 Å². The molecule has 0 saturated carbocycles. The quantitative estimate of drug-likeness (QED) is 0.472. The van der Waals surface area contributed by atoms with Crippen LogP contribution in [-0.2, 0) is 0 Å². The number of allylic oxidation sites excluding steroid dienone is 1. The van der Waals surface area contributed by atoms with Crippen molar-refractivity contribution in [3.05, 3.63) is 12.2 Å². The molecule has 0 aliphatic rings. The fourth-order valence-electron chi connectivity index (χ4n) is 0.349. The maximum absolute atomic E-state index is 4.00. The first-order chi connectivity index (χ1) is 6.27. The van der Waals surface area contributed by atoms with Gasteiger partial charge in [0.05, 0.1) is 13.1 Å². The molecule has 0 aromatic carbocycles. The van der Waals surface area contributed by atoms with Gasteiger partial charge >= 0.3 is 0 Å². The Balaban J connectivity index is -0.000000218. The third kappa shape index (κ3) is 35.4. The number of nitrogens with zero attached hydrogens (tertiary/aromatic N) is 2. The average molecular weight is 184 g/mol. The monoisotopic (exact) mass is 184 g/mol. The van der Waals surface area contributed by atoms with Gasteiger partial charge in [0.1, 0.15) is 0 Å². The Labute approximate surface area is 83.5 Å². The van der Waals surface area contributed by atoms with Crippen molar-refractivity contribution in [1.82, 2.24) is 0 Å². The summed E-state index contributed by atoms with van der Waals surface area (Å²) in [4.78, 5) is 7.64. The molecule has 0 aromatic heterocycles. The highest BCUT2D eigenvalue weighted by Gasteiger charge is 1.75. The lowest BCUT2D eigenvalue weighted by Gasteiger charge is -1.85. The summed E-state index contributed by atoms with van der Waals surface area (Å²) in [6.45, 7) is 18.3. The Morgan fingerprint density at radius 3 is 1.92 bits per heavy atom. The molecule has 0 aliphatic carbocycles. The fraction of sp³-hybridized carbons (Fsp3) is 0.636. The van der Waals surface area contributed by atoms with Gasteiger partial charge in [-0.1, -0.05) is 34.3 Å². The van der Waals surface area contributed by atoms with Gasteiger partial charge in [0.25, 0.3) is 0 Å². The van der Waals surface area contributed by atoms with Crippen molar-refractivity contribution in [1.29, 1.82) is 0 Å². The summed E-state index contributed by atoms with van der Waals surface area (Å²) in [5, 5.41) is 0. The van der Waals surface area contributed by atoms with Crippen molar-refractivity contribution in [2.45, 2.75) is 34.6 Å². The zero-order valence-electron chi connectivity index (χ0n) is 9.80. The Kier molecular flexibility index (Phi) is 31.1. The van der Waals surface area contributed by atoms with Crippen LogP contribution in [0.5, 0.6) is 0 Å². The van der Waals surface area contributed by atoms with E-state index in [9.17, 15) is 0 Å². The standard InChI is InChI=1S/C7H12N2.2C2H6/c1-7(2)6-9-5-4-8-3;2*1-2/h6H,1,3-5H2,2H3;2*1-2H3. The third-order valence-electron chi connectivity index (χ3n) is 0.699. The first kappa shape index (κ1) is 18.0. The van der Waals surface area contributed by atoms with Gasteiger partial charge in [-0.25, -0.2) is 0 Å². The van der Waals surface area contributed by atoms with Crippen LogP contribution in [-0.4, -0.2) is 26.0 Å². The van der Waals surface area contributed by atoms with Crippen LogP contribution >= 0.6 is 0 Å². The molecule has 0 aromatic rings. The highest BCUT2D eigenvalue weighted by molar-refractivity contribution is 5.76. The number of rotatable bonds is 4. The van der Waals surface area contributed by atoms with Crippen molar-refractivity contribution in [2.24, 2.45) is 9.98 Å². The molecular weight excluding hydrogens is 160 g/mol. The third-order valence-corrected chi connectivity index (χ3v) is 0.699. The molecule has 13 heavy (non-hydrogen) atoms. The maximum Gasteiger partial charge on any atom is 0.0585 e. The van der Waals surface area contributed by atoms with Gasteiger partial charge in [-0.15, -0.1) is 0 Å².